The minimum absolute atomic E-state index is 0.257. The van der Waals surface area contributed by atoms with Gasteiger partial charge >= 0.3 is 6.18 Å². The molecule has 2 aliphatic heterocycles. The third kappa shape index (κ3) is 5.07. The number of halogens is 4. The Morgan fingerprint density at radius 1 is 1.00 bits per heavy atom. The highest BCUT2D eigenvalue weighted by atomic mass is 35.5. The lowest BCUT2D eigenvalue weighted by Gasteiger charge is -2.35. The lowest BCUT2D eigenvalue weighted by Crippen LogP contribution is -2.48. The van der Waals surface area contributed by atoms with Crippen LogP contribution in [0.25, 0.3) is 0 Å². The molecule has 0 N–H and O–H groups in total. The van der Waals surface area contributed by atoms with Crippen molar-refractivity contribution in [1.29, 1.82) is 0 Å². The fourth-order valence-electron chi connectivity index (χ4n) is 3.73. The molecule has 0 unspecified atom stereocenters. The van der Waals surface area contributed by atoms with Gasteiger partial charge in [0.25, 0.3) is 5.91 Å². The first-order valence-electron chi connectivity index (χ1n) is 10.1. The summed E-state index contributed by atoms with van der Waals surface area (Å²) in [5.74, 6) is 0.970. The summed E-state index contributed by atoms with van der Waals surface area (Å²) in [5.41, 5.74) is 0.496. The van der Waals surface area contributed by atoms with Gasteiger partial charge in [0.15, 0.2) is 11.5 Å². The molecule has 0 aliphatic carbocycles. The molecule has 2 heterocycles. The maximum atomic E-state index is 12.7. The van der Waals surface area contributed by atoms with E-state index in [1.807, 2.05) is 12.1 Å². The highest BCUT2D eigenvalue weighted by Crippen LogP contribution is 2.38. The normalized spacial score (nSPS) is 17.4. The van der Waals surface area contributed by atoms with Crippen LogP contribution in [0.5, 0.6) is 11.5 Å². The van der Waals surface area contributed by atoms with Crippen LogP contribution in [0.3, 0.4) is 0 Å². The molecule has 2 aliphatic rings. The number of nitrogens with zero attached hydrogens (tertiary/aromatic N) is 2. The summed E-state index contributed by atoms with van der Waals surface area (Å²) in [7, 11) is 0. The Morgan fingerprint density at radius 2 is 1.68 bits per heavy atom. The molecule has 2 aromatic rings. The molecule has 0 saturated carbocycles. The van der Waals surface area contributed by atoms with Crippen LogP contribution in [0.2, 0.25) is 5.02 Å². The van der Waals surface area contributed by atoms with Crippen LogP contribution >= 0.6 is 11.6 Å². The minimum Gasteiger partial charge on any atom is -0.489 e. The van der Waals surface area contributed by atoms with E-state index in [4.69, 9.17) is 21.1 Å². The van der Waals surface area contributed by atoms with Crippen molar-refractivity contribution < 1.29 is 27.4 Å². The average molecular weight is 455 g/mol. The van der Waals surface area contributed by atoms with E-state index >= 15 is 0 Å². The largest absolute Gasteiger partial charge is 0.489 e. The van der Waals surface area contributed by atoms with Gasteiger partial charge in [-0.15, -0.1) is 0 Å². The van der Waals surface area contributed by atoms with Crippen LogP contribution in [0, 0.1) is 0 Å². The maximum absolute atomic E-state index is 12.7. The highest BCUT2D eigenvalue weighted by molar-refractivity contribution is 6.32. The van der Waals surface area contributed by atoms with Gasteiger partial charge in [0.2, 0.25) is 0 Å². The number of rotatable bonds is 3. The first kappa shape index (κ1) is 21.8. The van der Waals surface area contributed by atoms with Crippen LogP contribution in [-0.4, -0.2) is 55.1 Å². The molecule has 1 amide bonds. The molecule has 0 bridgehead atoms. The zero-order chi connectivity index (χ0) is 22.0. The molecule has 0 atom stereocenters. The predicted molar refractivity (Wildman–Crippen MR) is 110 cm³/mol. The molecule has 5 nitrogen and oxygen atoms in total. The van der Waals surface area contributed by atoms with Crippen LogP contribution in [0.1, 0.15) is 27.9 Å². The summed E-state index contributed by atoms with van der Waals surface area (Å²) in [5, 5.41) is 0.519. The van der Waals surface area contributed by atoms with E-state index < -0.39 is 11.7 Å². The van der Waals surface area contributed by atoms with E-state index in [-0.39, 0.29) is 11.5 Å². The van der Waals surface area contributed by atoms with Crippen LogP contribution in [-0.2, 0) is 12.7 Å². The fourth-order valence-corrected chi connectivity index (χ4v) is 4.01. The molecule has 0 radical (unpaired) electrons. The second kappa shape index (κ2) is 8.96. The van der Waals surface area contributed by atoms with E-state index in [1.54, 1.807) is 4.90 Å². The number of carbonyl (C=O) groups excluding carboxylic acids is 1. The van der Waals surface area contributed by atoms with Crippen molar-refractivity contribution in [3.63, 3.8) is 0 Å². The Balaban J connectivity index is 1.35. The van der Waals surface area contributed by atoms with Crippen molar-refractivity contribution >= 4 is 17.5 Å². The molecular weight excluding hydrogens is 433 g/mol. The zero-order valence-corrected chi connectivity index (χ0v) is 17.5. The van der Waals surface area contributed by atoms with Gasteiger partial charge in [0.1, 0.15) is 0 Å². The number of benzene rings is 2. The van der Waals surface area contributed by atoms with Gasteiger partial charge in [0.05, 0.1) is 23.8 Å². The van der Waals surface area contributed by atoms with Gasteiger partial charge < -0.3 is 14.4 Å². The standard InChI is InChI=1S/C22H22ClF3N2O3/c23-18-12-15(13-19-20(18)31-11-1-10-30-19)14-27-6-8-28(9-7-27)21(29)16-2-4-17(5-3-16)22(24,25)26/h2-5,12-13H,1,6-11,14H2. The quantitative estimate of drug-likeness (QED) is 0.686. The number of hydrogen-bond acceptors (Lipinski definition) is 4. The SMILES string of the molecule is O=C(c1ccc(C(F)(F)F)cc1)N1CCN(Cc2cc(Cl)c3c(c2)OCCCO3)CC1. The van der Waals surface area contributed by atoms with Gasteiger partial charge in [-0.3, -0.25) is 9.69 Å². The molecule has 9 heteroatoms. The Bertz CT molecular complexity index is 942. The number of hydrogen-bond donors (Lipinski definition) is 0. The Labute approximate surface area is 183 Å². The van der Waals surface area contributed by atoms with Crippen LogP contribution in [0.15, 0.2) is 36.4 Å². The molecule has 2 aromatic carbocycles. The average Bonchev–Trinajstić information content (AvgIpc) is 2.99. The summed E-state index contributed by atoms with van der Waals surface area (Å²) in [4.78, 5) is 16.5. The van der Waals surface area contributed by atoms with Gasteiger partial charge in [-0.25, -0.2) is 0 Å². The predicted octanol–water partition coefficient (Wildman–Crippen LogP) is 4.48. The molecule has 0 spiro atoms. The van der Waals surface area contributed by atoms with Crippen LogP contribution in [0.4, 0.5) is 13.2 Å². The van der Waals surface area contributed by atoms with Gasteiger partial charge in [-0.05, 0) is 42.0 Å². The van der Waals surface area contributed by atoms with Gasteiger partial charge in [-0.2, -0.15) is 13.2 Å². The summed E-state index contributed by atoms with van der Waals surface area (Å²) in [6, 6.07) is 8.16. The molecule has 166 valence electrons. The zero-order valence-electron chi connectivity index (χ0n) is 16.8. The number of piperazine rings is 1. The van der Waals surface area contributed by atoms with E-state index in [2.05, 4.69) is 4.90 Å². The summed E-state index contributed by atoms with van der Waals surface area (Å²) >= 11 is 6.36. The highest BCUT2D eigenvalue weighted by Gasteiger charge is 2.31. The Morgan fingerprint density at radius 3 is 2.35 bits per heavy atom. The second-order valence-electron chi connectivity index (χ2n) is 7.60. The molecule has 1 fully saturated rings. The number of amides is 1. The molecule has 1 saturated heterocycles. The van der Waals surface area contributed by atoms with Gasteiger partial charge in [-0.1, -0.05) is 11.6 Å². The monoisotopic (exact) mass is 454 g/mol. The lowest BCUT2D eigenvalue weighted by atomic mass is 10.1. The minimum atomic E-state index is -4.41. The van der Waals surface area contributed by atoms with Crippen molar-refractivity contribution in [3.8, 4) is 11.5 Å². The van der Waals surface area contributed by atoms with Crippen molar-refractivity contribution in [2.45, 2.75) is 19.1 Å². The summed E-state index contributed by atoms with van der Waals surface area (Å²) in [6.45, 7) is 4.10. The topological polar surface area (TPSA) is 42.0 Å². The third-order valence-corrected chi connectivity index (χ3v) is 5.67. The number of alkyl halides is 3. The van der Waals surface area contributed by atoms with Crippen molar-refractivity contribution in [2.24, 2.45) is 0 Å². The number of carbonyl (C=O) groups is 1. The van der Waals surface area contributed by atoms with Crippen molar-refractivity contribution in [2.75, 3.05) is 39.4 Å². The van der Waals surface area contributed by atoms with E-state index in [0.29, 0.717) is 62.5 Å². The van der Waals surface area contributed by atoms with Crippen LogP contribution < -0.4 is 9.47 Å². The molecule has 4 rings (SSSR count). The van der Waals surface area contributed by atoms with E-state index in [0.717, 1.165) is 24.1 Å². The number of fused-ring (bicyclic) bond motifs is 1. The number of ether oxygens (including phenoxy) is 2. The second-order valence-corrected chi connectivity index (χ2v) is 8.01. The van der Waals surface area contributed by atoms with Crippen molar-refractivity contribution in [1.82, 2.24) is 9.80 Å². The summed E-state index contributed by atoms with van der Waals surface area (Å²) < 4.78 is 49.5. The molecular formula is C22H22ClF3N2O3. The Kier molecular flexibility index (Phi) is 6.29. The maximum Gasteiger partial charge on any atom is 0.416 e. The molecule has 0 aromatic heterocycles. The Hall–Kier alpha value is -2.45. The summed E-state index contributed by atoms with van der Waals surface area (Å²) in [6.07, 6.45) is -3.61. The van der Waals surface area contributed by atoms with E-state index in [1.165, 1.54) is 12.1 Å². The third-order valence-electron chi connectivity index (χ3n) is 5.39. The van der Waals surface area contributed by atoms with Gasteiger partial charge in [0, 0.05) is 44.7 Å². The first-order chi connectivity index (χ1) is 14.8. The molecule has 31 heavy (non-hydrogen) atoms. The smallest absolute Gasteiger partial charge is 0.416 e. The van der Waals surface area contributed by atoms with E-state index in [9.17, 15) is 18.0 Å². The first-order valence-corrected chi connectivity index (χ1v) is 10.5. The lowest BCUT2D eigenvalue weighted by molar-refractivity contribution is -0.137. The fraction of sp³-hybridized carbons (Fsp3) is 0.409. The van der Waals surface area contributed by atoms with Crippen molar-refractivity contribution in [3.05, 3.63) is 58.1 Å².